The molecule has 0 unspecified atom stereocenters. The van der Waals surface area contributed by atoms with Crippen LogP contribution in [0.5, 0.6) is 11.5 Å². The summed E-state index contributed by atoms with van der Waals surface area (Å²) < 4.78 is 11.6. The number of rotatable bonds is 7. The summed E-state index contributed by atoms with van der Waals surface area (Å²) in [6.45, 7) is 4.28. The van der Waals surface area contributed by atoms with Gasteiger partial charge in [-0.1, -0.05) is 59.7 Å². The minimum atomic E-state index is -0.146. The van der Waals surface area contributed by atoms with E-state index in [0.29, 0.717) is 27.1 Å². The number of carbonyl (C=O) groups excluding carboxylic acids is 1. The number of benzene rings is 4. The summed E-state index contributed by atoms with van der Waals surface area (Å²) in [6, 6.07) is 30.7. The fourth-order valence-corrected chi connectivity index (χ4v) is 5.16. The Bertz CT molecular complexity index is 1650. The number of methoxy groups -OCH3 is 1. The van der Waals surface area contributed by atoms with Crippen LogP contribution in [0.2, 0.25) is 0 Å². The number of thioether (sulfide) groups is 1. The number of amidine groups is 1. The zero-order chi connectivity index (χ0) is 28.1. The monoisotopic (exact) mass is 545 g/mol. The third-order valence-corrected chi connectivity index (χ3v) is 7.33. The molecule has 4 aromatic rings. The van der Waals surface area contributed by atoms with Crippen LogP contribution in [-0.2, 0) is 11.4 Å². The smallest absolute Gasteiger partial charge is 0.271 e. The lowest BCUT2D eigenvalue weighted by Crippen LogP contribution is -2.28. The summed E-state index contributed by atoms with van der Waals surface area (Å²) in [5.41, 5.74) is 5.95. The van der Waals surface area contributed by atoms with Crippen molar-refractivity contribution in [2.45, 2.75) is 20.5 Å². The molecule has 7 heteroatoms. The first-order valence-corrected chi connectivity index (χ1v) is 13.5. The zero-order valence-corrected chi connectivity index (χ0v) is 23.2. The Balaban J connectivity index is 1.44. The summed E-state index contributed by atoms with van der Waals surface area (Å²) in [6.07, 6.45) is 1.84. The van der Waals surface area contributed by atoms with Gasteiger partial charge in [0, 0.05) is 5.56 Å². The maximum atomic E-state index is 13.7. The predicted octanol–water partition coefficient (Wildman–Crippen LogP) is 7.57. The van der Waals surface area contributed by atoms with E-state index in [1.54, 1.807) is 18.1 Å². The Morgan fingerprint density at radius 1 is 0.925 bits per heavy atom. The van der Waals surface area contributed by atoms with Gasteiger partial charge in [0.1, 0.15) is 6.61 Å². The highest BCUT2D eigenvalue weighted by Crippen LogP contribution is 2.38. The highest BCUT2D eigenvalue weighted by molar-refractivity contribution is 8.19. The van der Waals surface area contributed by atoms with E-state index in [-0.39, 0.29) is 12.5 Å². The lowest BCUT2D eigenvalue weighted by molar-refractivity contribution is -0.113. The number of anilines is 1. The third-order valence-electron chi connectivity index (χ3n) is 6.36. The fourth-order valence-electron chi connectivity index (χ4n) is 4.16. The third kappa shape index (κ3) is 5.93. The number of hydrogen-bond donors (Lipinski definition) is 0. The van der Waals surface area contributed by atoms with E-state index < -0.39 is 0 Å². The molecule has 0 bridgehead atoms. The van der Waals surface area contributed by atoms with Crippen molar-refractivity contribution in [3.05, 3.63) is 124 Å². The second-order valence-corrected chi connectivity index (χ2v) is 10.3. The number of nitrogens with zero attached hydrogens (tertiary/aromatic N) is 3. The number of ether oxygens (including phenoxy) is 2. The summed E-state index contributed by atoms with van der Waals surface area (Å²) in [7, 11) is 1.57. The molecule has 0 N–H and O–H groups in total. The molecule has 1 amide bonds. The minimum Gasteiger partial charge on any atom is -0.493 e. The van der Waals surface area contributed by atoms with Crippen LogP contribution in [0.15, 0.2) is 101 Å². The first kappa shape index (κ1) is 26.8. The van der Waals surface area contributed by atoms with Crippen LogP contribution >= 0.6 is 11.8 Å². The van der Waals surface area contributed by atoms with E-state index in [0.717, 1.165) is 33.6 Å². The molecule has 1 aliphatic rings. The molecule has 0 aromatic heterocycles. The predicted molar refractivity (Wildman–Crippen MR) is 161 cm³/mol. The van der Waals surface area contributed by atoms with E-state index in [9.17, 15) is 10.1 Å². The summed E-state index contributed by atoms with van der Waals surface area (Å²) in [4.78, 5) is 20.7. The summed E-state index contributed by atoms with van der Waals surface area (Å²) in [5, 5.41) is 9.94. The SMILES string of the molecule is COc1cc(/C=C2/SC(=Nc3ccc(C)cc3)N(c3ccc(C)cc3)C2=O)ccc1OCc1ccccc1C#N. The topological polar surface area (TPSA) is 74.9 Å². The number of aryl methyl sites for hydroxylation is 2. The van der Waals surface area contributed by atoms with Crippen LogP contribution in [0.25, 0.3) is 6.08 Å². The summed E-state index contributed by atoms with van der Waals surface area (Å²) in [5.74, 6) is 0.931. The second kappa shape index (κ2) is 11.9. The average Bonchev–Trinajstić information content (AvgIpc) is 3.27. The molecule has 0 aliphatic carbocycles. The Morgan fingerprint density at radius 2 is 1.62 bits per heavy atom. The van der Waals surface area contributed by atoms with Crippen LogP contribution in [0.1, 0.15) is 27.8 Å². The molecular formula is C33H27N3O3S. The number of carbonyl (C=O) groups is 1. The Hall–Kier alpha value is -4.80. The zero-order valence-electron chi connectivity index (χ0n) is 22.4. The molecule has 6 nitrogen and oxygen atoms in total. The van der Waals surface area contributed by atoms with Crippen molar-refractivity contribution in [1.29, 1.82) is 5.26 Å². The van der Waals surface area contributed by atoms with Crippen LogP contribution in [0, 0.1) is 25.2 Å². The van der Waals surface area contributed by atoms with E-state index >= 15 is 0 Å². The van der Waals surface area contributed by atoms with Crippen molar-refractivity contribution < 1.29 is 14.3 Å². The van der Waals surface area contributed by atoms with Crippen molar-refractivity contribution in [3.63, 3.8) is 0 Å². The standard InChI is InChI=1S/C33H27N3O3S/c1-22-8-13-27(14-9-22)35-33-36(28-15-10-23(2)11-16-28)32(37)31(40-33)19-24-12-17-29(30(18-24)38-3)39-21-26-7-5-4-6-25(26)20-34/h4-19H,21H2,1-3H3/b31-19+,35-33?. The van der Waals surface area contributed by atoms with Crippen molar-refractivity contribution in [3.8, 4) is 17.6 Å². The second-order valence-electron chi connectivity index (χ2n) is 9.28. The van der Waals surface area contributed by atoms with Crippen molar-refractivity contribution in [2.24, 2.45) is 4.99 Å². The number of aliphatic imine (C=N–C) groups is 1. The van der Waals surface area contributed by atoms with Crippen molar-refractivity contribution in [2.75, 3.05) is 12.0 Å². The van der Waals surface area contributed by atoms with E-state index in [1.807, 2.05) is 105 Å². The quantitative estimate of drug-likeness (QED) is 0.224. The largest absolute Gasteiger partial charge is 0.493 e. The Morgan fingerprint density at radius 3 is 2.33 bits per heavy atom. The maximum absolute atomic E-state index is 13.7. The van der Waals surface area contributed by atoms with E-state index in [4.69, 9.17) is 14.5 Å². The van der Waals surface area contributed by atoms with Crippen molar-refractivity contribution in [1.82, 2.24) is 0 Å². The van der Waals surface area contributed by atoms with Gasteiger partial charge in [0.25, 0.3) is 5.91 Å². The van der Waals surface area contributed by atoms with Crippen molar-refractivity contribution >= 4 is 40.3 Å². The highest BCUT2D eigenvalue weighted by atomic mass is 32.2. The van der Waals surface area contributed by atoms with Gasteiger partial charge in [-0.3, -0.25) is 9.69 Å². The highest BCUT2D eigenvalue weighted by Gasteiger charge is 2.34. The van der Waals surface area contributed by atoms with Gasteiger partial charge < -0.3 is 9.47 Å². The Labute approximate surface area is 238 Å². The van der Waals surface area contributed by atoms with Crippen LogP contribution < -0.4 is 14.4 Å². The molecule has 0 spiro atoms. The van der Waals surface area contributed by atoms with E-state index in [2.05, 4.69) is 6.07 Å². The Kier molecular flexibility index (Phi) is 7.99. The molecule has 198 valence electrons. The molecule has 0 radical (unpaired) electrons. The van der Waals surface area contributed by atoms with Gasteiger partial charge in [-0.2, -0.15) is 5.26 Å². The fraction of sp³-hybridized carbons (Fsp3) is 0.121. The molecule has 5 rings (SSSR count). The van der Waals surface area contributed by atoms with Gasteiger partial charge in [-0.15, -0.1) is 0 Å². The molecule has 0 saturated carbocycles. The first-order chi connectivity index (χ1) is 19.4. The van der Waals surface area contributed by atoms with Gasteiger partial charge in [0.15, 0.2) is 16.7 Å². The maximum Gasteiger partial charge on any atom is 0.271 e. The van der Waals surface area contributed by atoms with Gasteiger partial charge in [0.2, 0.25) is 0 Å². The molecule has 1 saturated heterocycles. The lowest BCUT2D eigenvalue weighted by atomic mass is 10.1. The van der Waals surface area contributed by atoms with Crippen LogP contribution in [0.4, 0.5) is 11.4 Å². The first-order valence-electron chi connectivity index (χ1n) is 12.7. The van der Waals surface area contributed by atoms with E-state index in [1.165, 1.54) is 11.8 Å². The van der Waals surface area contributed by atoms with Gasteiger partial charge >= 0.3 is 0 Å². The van der Waals surface area contributed by atoms with Crippen LogP contribution in [-0.4, -0.2) is 18.2 Å². The van der Waals surface area contributed by atoms with Gasteiger partial charge in [-0.25, -0.2) is 4.99 Å². The lowest BCUT2D eigenvalue weighted by Gasteiger charge is -2.16. The van der Waals surface area contributed by atoms with Crippen LogP contribution in [0.3, 0.4) is 0 Å². The average molecular weight is 546 g/mol. The molecule has 1 heterocycles. The number of hydrogen-bond acceptors (Lipinski definition) is 6. The normalized spacial score (nSPS) is 14.9. The minimum absolute atomic E-state index is 0.146. The van der Waals surface area contributed by atoms with Gasteiger partial charge in [-0.05, 0) is 79.7 Å². The molecule has 0 atom stereocenters. The molecule has 1 aliphatic heterocycles. The molecule has 1 fully saturated rings. The molecule has 40 heavy (non-hydrogen) atoms. The number of nitriles is 1. The number of amides is 1. The molecular weight excluding hydrogens is 518 g/mol. The summed E-state index contributed by atoms with van der Waals surface area (Å²) >= 11 is 1.33. The molecule has 4 aromatic carbocycles. The van der Waals surface area contributed by atoms with Gasteiger partial charge in [0.05, 0.1) is 35.0 Å².